The first-order valence-corrected chi connectivity index (χ1v) is 12.8. The number of phenolic OH excluding ortho intramolecular Hbond substituents is 1. The average molecular weight is 509 g/mol. The van der Waals surface area contributed by atoms with Crippen molar-refractivity contribution in [3.63, 3.8) is 0 Å². The number of hydrogen-bond donors (Lipinski definition) is 2. The third-order valence-corrected chi connectivity index (χ3v) is 7.19. The number of hydrogen-bond acceptors (Lipinski definition) is 6. The van der Waals surface area contributed by atoms with Gasteiger partial charge in [-0.15, -0.1) is 0 Å². The number of likely N-dealkylation sites (tertiary alicyclic amines) is 2. The van der Waals surface area contributed by atoms with Crippen LogP contribution in [0.5, 0.6) is 5.75 Å². The number of piperidine rings is 2. The summed E-state index contributed by atoms with van der Waals surface area (Å²) in [7, 11) is 0. The van der Waals surface area contributed by atoms with Gasteiger partial charge < -0.3 is 19.7 Å². The fourth-order valence-corrected chi connectivity index (χ4v) is 5.09. The molecule has 36 heavy (non-hydrogen) atoms. The van der Waals surface area contributed by atoms with E-state index >= 15 is 0 Å². The summed E-state index contributed by atoms with van der Waals surface area (Å²) in [6.45, 7) is 7.50. The van der Waals surface area contributed by atoms with Gasteiger partial charge in [0, 0.05) is 19.0 Å². The van der Waals surface area contributed by atoms with E-state index in [0.29, 0.717) is 37.6 Å². The van der Waals surface area contributed by atoms with E-state index in [1.807, 2.05) is 0 Å². The van der Waals surface area contributed by atoms with Crippen LogP contribution in [0.3, 0.4) is 0 Å². The lowest BCUT2D eigenvalue weighted by Gasteiger charge is -2.31. The van der Waals surface area contributed by atoms with Crippen molar-refractivity contribution in [2.75, 3.05) is 39.3 Å². The number of amides is 1. The Morgan fingerprint density at radius 3 is 2.56 bits per heavy atom. The predicted octanol–water partition coefficient (Wildman–Crippen LogP) is 4.58. The predicted molar refractivity (Wildman–Crippen MR) is 129 cm³/mol. The minimum absolute atomic E-state index is 0.0270. The van der Waals surface area contributed by atoms with Crippen LogP contribution in [0.1, 0.15) is 55.5 Å². The topological polar surface area (TPSA) is 81.8 Å². The van der Waals surface area contributed by atoms with Crippen molar-refractivity contribution < 1.29 is 27.5 Å². The quantitative estimate of drug-likeness (QED) is 0.508. The van der Waals surface area contributed by atoms with Crippen LogP contribution in [-0.4, -0.2) is 65.1 Å². The molecule has 198 valence electrons. The molecule has 0 unspecified atom stereocenters. The van der Waals surface area contributed by atoms with Crippen molar-refractivity contribution in [1.29, 1.82) is 0 Å². The average Bonchev–Trinajstić information content (AvgIpc) is 3.21. The van der Waals surface area contributed by atoms with Gasteiger partial charge in [0.25, 0.3) is 0 Å². The summed E-state index contributed by atoms with van der Waals surface area (Å²) in [6.07, 6.45) is 1.61. The number of aromatic hydroxyl groups is 1. The maximum Gasteiger partial charge on any atom is 0.417 e. The van der Waals surface area contributed by atoms with Crippen LogP contribution in [0.4, 0.5) is 13.2 Å². The SMILES string of the molecule is Cc1oc(-c2c(O)cccc2C(F)(F)F)nc1CN1CCC(C(=O)NCCCN2CCCCC2)CC1. The van der Waals surface area contributed by atoms with Gasteiger partial charge in [-0.25, -0.2) is 4.98 Å². The molecule has 4 rings (SSSR count). The number of aromatic nitrogens is 1. The molecule has 1 amide bonds. The molecule has 2 aromatic rings. The Kier molecular flexibility index (Phi) is 8.56. The Morgan fingerprint density at radius 1 is 1.14 bits per heavy atom. The van der Waals surface area contributed by atoms with Gasteiger partial charge in [-0.2, -0.15) is 13.2 Å². The Labute approximate surface area is 209 Å². The molecule has 3 heterocycles. The fraction of sp³-hybridized carbons (Fsp3) is 0.615. The van der Waals surface area contributed by atoms with Crippen LogP contribution in [0.25, 0.3) is 11.5 Å². The lowest BCUT2D eigenvalue weighted by molar-refractivity contribution is -0.137. The first-order chi connectivity index (χ1) is 17.2. The monoisotopic (exact) mass is 508 g/mol. The van der Waals surface area contributed by atoms with Crippen LogP contribution in [0.2, 0.25) is 0 Å². The summed E-state index contributed by atoms with van der Waals surface area (Å²) in [6, 6.07) is 3.23. The van der Waals surface area contributed by atoms with E-state index < -0.39 is 23.1 Å². The molecule has 0 atom stereocenters. The number of alkyl halides is 3. The van der Waals surface area contributed by atoms with E-state index in [1.165, 1.54) is 25.3 Å². The van der Waals surface area contributed by atoms with Crippen LogP contribution in [0.15, 0.2) is 22.6 Å². The molecule has 2 aliphatic rings. The molecule has 0 radical (unpaired) electrons. The van der Waals surface area contributed by atoms with E-state index in [-0.39, 0.29) is 17.7 Å². The standard InChI is InChI=1S/C26H35F3N4O3/c1-18-21(31-25(36-18)23-20(26(27,28)29)7-5-8-22(23)34)17-33-15-9-19(10-16-33)24(35)30-11-6-14-32-12-3-2-4-13-32/h5,7-8,19,34H,2-4,6,9-17H2,1H3,(H,30,35). The number of nitrogens with zero attached hydrogens (tertiary/aromatic N) is 3. The zero-order valence-electron chi connectivity index (χ0n) is 20.7. The Morgan fingerprint density at radius 2 is 1.86 bits per heavy atom. The Hall–Kier alpha value is -2.59. The normalized spacial score (nSPS) is 18.4. The maximum atomic E-state index is 13.5. The molecule has 2 fully saturated rings. The van der Waals surface area contributed by atoms with Crippen LogP contribution < -0.4 is 5.32 Å². The van der Waals surface area contributed by atoms with Gasteiger partial charge in [-0.1, -0.05) is 12.5 Å². The molecule has 0 bridgehead atoms. The molecule has 7 nitrogen and oxygen atoms in total. The van der Waals surface area contributed by atoms with E-state index in [0.717, 1.165) is 51.0 Å². The van der Waals surface area contributed by atoms with Crippen molar-refractivity contribution in [3.8, 4) is 17.2 Å². The molecular formula is C26H35F3N4O3. The summed E-state index contributed by atoms with van der Waals surface area (Å²) in [4.78, 5) is 21.5. The van der Waals surface area contributed by atoms with E-state index in [4.69, 9.17) is 4.42 Å². The van der Waals surface area contributed by atoms with Crippen molar-refractivity contribution in [2.45, 2.75) is 58.2 Å². The molecule has 10 heteroatoms. The van der Waals surface area contributed by atoms with Gasteiger partial charge in [0.15, 0.2) is 0 Å². The highest BCUT2D eigenvalue weighted by atomic mass is 19.4. The second kappa shape index (κ2) is 11.6. The zero-order valence-corrected chi connectivity index (χ0v) is 20.7. The van der Waals surface area contributed by atoms with Gasteiger partial charge >= 0.3 is 6.18 Å². The number of oxazole rings is 1. The molecule has 0 saturated carbocycles. The lowest BCUT2D eigenvalue weighted by atomic mass is 9.95. The van der Waals surface area contributed by atoms with Crippen molar-refractivity contribution in [1.82, 2.24) is 20.1 Å². The fourth-order valence-electron chi connectivity index (χ4n) is 5.09. The molecule has 0 aliphatic carbocycles. The highest BCUT2D eigenvalue weighted by Crippen LogP contribution is 2.41. The molecular weight excluding hydrogens is 473 g/mol. The third-order valence-electron chi connectivity index (χ3n) is 7.19. The number of halogens is 3. The van der Waals surface area contributed by atoms with Crippen molar-refractivity contribution in [3.05, 3.63) is 35.2 Å². The number of carbonyl (C=O) groups is 1. The van der Waals surface area contributed by atoms with Gasteiger partial charge in [-0.05, 0) is 83.9 Å². The smallest absolute Gasteiger partial charge is 0.417 e. The molecule has 1 aromatic heterocycles. The number of rotatable bonds is 8. The molecule has 2 N–H and O–H groups in total. The number of aryl methyl sites for hydroxylation is 1. The first kappa shape index (κ1) is 26.5. The largest absolute Gasteiger partial charge is 0.507 e. The van der Waals surface area contributed by atoms with Gasteiger partial charge in [-0.3, -0.25) is 9.69 Å². The molecule has 0 spiro atoms. The number of benzene rings is 1. The van der Waals surface area contributed by atoms with Crippen molar-refractivity contribution >= 4 is 5.91 Å². The highest BCUT2D eigenvalue weighted by Gasteiger charge is 2.36. The zero-order chi connectivity index (χ0) is 25.7. The molecule has 1 aromatic carbocycles. The second-order valence-electron chi connectivity index (χ2n) is 9.82. The van der Waals surface area contributed by atoms with Gasteiger partial charge in [0.1, 0.15) is 11.5 Å². The number of phenols is 1. The van der Waals surface area contributed by atoms with E-state index in [9.17, 15) is 23.1 Å². The summed E-state index contributed by atoms with van der Waals surface area (Å²) < 4.78 is 45.9. The van der Waals surface area contributed by atoms with E-state index in [2.05, 4.69) is 20.1 Å². The summed E-state index contributed by atoms with van der Waals surface area (Å²) >= 11 is 0. The Bertz CT molecular complexity index is 1030. The summed E-state index contributed by atoms with van der Waals surface area (Å²) in [5, 5.41) is 13.2. The van der Waals surface area contributed by atoms with Crippen molar-refractivity contribution in [2.24, 2.45) is 5.92 Å². The number of carbonyl (C=O) groups excluding carboxylic acids is 1. The van der Waals surface area contributed by atoms with Gasteiger partial charge in [0.2, 0.25) is 11.8 Å². The first-order valence-electron chi connectivity index (χ1n) is 12.8. The summed E-state index contributed by atoms with van der Waals surface area (Å²) in [5.74, 6) is -0.282. The van der Waals surface area contributed by atoms with Gasteiger partial charge in [0.05, 0.1) is 16.8 Å². The van der Waals surface area contributed by atoms with E-state index in [1.54, 1.807) is 6.92 Å². The summed E-state index contributed by atoms with van der Waals surface area (Å²) in [5.41, 5.74) is -0.907. The minimum atomic E-state index is -4.65. The minimum Gasteiger partial charge on any atom is -0.507 e. The van der Waals surface area contributed by atoms with Crippen LogP contribution >= 0.6 is 0 Å². The molecule has 2 aliphatic heterocycles. The Balaban J connectivity index is 1.27. The number of nitrogens with one attached hydrogen (secondary N) is 1. The maximum absolute atomic E-state index is 13.5. The third kappa shape index (κ3) is 6.59. The lowest BCUT2D eigenvalue weighted by Crippen LogP contribution is -2.41. The van der Waals surface area contributed by atoms with Crippen LogP contribution in [-0.2, 0) is 17.5 Å². The van der Waals surface area contributed by atoms with Crippen LogP contribution in [0, 0.1) is 12.8 Å². The second-order valence-corrected chi connectivity index (χ2v) is 9.82. The molecule has 2 saturated heterocycles. The highest BCUT2D eigenvalue weighted by molar-refractivity contribution is 5.78.